The number of nitrogens with two attached hydrogens (primary N) is 1. The van der Waals surface area contributed by atoms with Crippen LogP contribution in [0.2, 0.25) is 0 Å². The number of anilines is 1. The molecular formula is C53H77BrF3N5O19. The zero-order chi connectivity index (χ0) is 58.4. The molecule has 0 radical (unpaired) electrons. The van der Waals surface area contributed by atoms with Crippen molar-refractivity contribution < 1.29 is 106 Å². The van der Waals surface area contributed by atoms with E-state index in [-0.39, 0.29) is 75.4 Å². The number of aliphatic hydroxyl groups is 4. The van der Waals surface area contributed by atoms with Crippen molar-refractivity contribution in [3.05, 3.63) is 91.2 Å². The van der Waals surface area contributed by atoms with Crippen LogP contribution in [0.3, 0.4) is 0 Å². The number of esters is 4. The normalized spacial score (nSPS) is 26.9. The summed E-state index contributed by atoms with van der Waals surface area (Å²) in [6.07, 6.45) is -4.87. The van der Waals surface area contributed by atoms with Gasteiger partial charge in [-0.05, 0) is 61.4 Å². The Morgan fingerprint density at radius 2 is 0.938 bits per heavy atom. The van der Waals surface area contributed by atoms with Gasteiger partial charge in [0.1, 0.15) is 36.6 Å². The summed E-state index contributed by atoms with van der Waals surface area (Å²) in [5, 5.41) is 54.5. The van der Waals surface area contributed by atoms with Crippen LogP contribution < -0.4 is 15.2 Å². The maximum absolute atomic E-state index is 13.8. The number of hydrogen-bond donors (Lipinski definition) is 7. The average Bonchev–Trinajstić information content (AvgIpc) is 3.41. The van der Waals surface area contributed by atoms with Crippen LogP contribution in [0.5, 0.6) is 23.0 Å². The molecule has 456 valence electrons. The summed E-state index contributed by atoms with van der Waals surface area (Å²) in [5.41, 5.74) is 5.16. The summed E-state index contributed by atoms with van der Waals surface area (Å²) >= 11 is 3.33. The van der Waals surface area contributed by atoms with E-state index in [0.29, 0.717) is 6.42 Å². The van der Waals surface area contributed by atoms with Crippen LogP contribution in [-0.4, -0.2) is 160 Å². The number of halogens is 4. The van der Waals surface area contributed by atoms with Crippen molar-refractivity contribution in [2.45, 2.75) is 169 Å². The molecule has 0 saturated carbocycles. The number of nitrogen functional groups attached to an aromatic ring is 1. The van der Waals surface area contributed by atoms with Gasteiger partial charge in [0.15, 0.2) is 39.9 Å². The monoisotopic (exact) mass is 1220 g/mol. The fourth-order valence-electron chi connectivity index (χ4n) is 7.58. The van der Waals surface area contributed by atoms with Gasteiger partial charge in [0, 0.05) is 64.3 Å². The lowest BCUT2D eigenvalue weighted by Crippen LogP contribution is -2.60. The summed E-state index contributed by atoms with van der Waals surface area (Å²) in [5.74, 6) is -5.35. The maximum atomic E-state index is 13.8. The Morgan fingerprint density at radius 1 is 0.556 bits per heavy atom. The van der Waals surface area contributed by atoms with Gasteiger partial charge in [-0.3, -0.25) is 19.2 Å². The number of aliphatic hydroxyl groups excluding tert-OH is 4. The van der Waals surface area contributed by atoms with Gasteiger partial charge in [0.05, 0.1) is 18.8 Å². The van der Waals surface area contributed by atoms with Crippen molar-refractivity contribution in [3.8, 4) is 23.0 Å². The number of aromatic nitrogens is 4. The highest BCUT2D eigenvalue weighted by Crippen LogP contribution is 2.36. The topological polar surface area (TPSA) is 350 Å². The highest BCUT2D eigenvalue weighted by molar-refractivity contribution is 9.09. The van der Waals surface area contributed by atoms with Crippen molar-refractivity contribution in [3.63, 3.8) is 0 Å². The van der Waals surface area contributed by atoms with Gasteiger partial charge in [0.2, 0.25) is 18.7 Å². The number of aromatic hydroxyl groups is 2. The smallest absolute Gasteiger partial charge is 0.303 e. The molecule has 4 aromatic rings. The summed E-state index contributed by atoms with van der Waals surface area (Å²) in [6.45, 7) is 12.2. The average molecular weight is 1230 g/mol. The van der Waals surface area contributed by atoms with E-state index in [0.717, 1.165) is 6.42 Å². The van der Waals surface area contributed by atoms with Gasteiger partial charge < -0.3 is 79.0 Å². The van der Waals surface area contributed by atoms with Gasteiger partial charge in [0.25, 0.3) is 17.8 Å². The number of rotatable bonds is 11. The van der Waals surface area contributed by atoms with E-state index >= 15 is 0 Å². The maximum Gasteiger partial charge on any atom is 0.303 e. The lowest BCUT2D eigenvalue weighted by Gasteiger charge is -2.43. The van der Waals surface area contributed by atoms with Crippen LogP contribution in [0, 0.1) is 29.7 Å². The molecule has 0 amide bonds. The Labute approximate surface area is 477 Å². The Hall–Kier alpha value is -6.53. The Morgan fingerprint density at radius 3 is 1.32 bits per heavy atom. The Bertz CT molecular complexity index is 2430. The molecule has 81 heavy (non-hydrogen) atoms. The van der Waals surface area contributed by atoms with Crippen LogP contribution >= 0.6 is 15.9 Å². The van der Waals surface area contributed by atoms with E-state index in [4.69, 9.17) is 63.7 Å². The first kappa shape index (κ1) is 74.5. The third-order valence-electron chi connectivity index (χ3n) is 11.4. The number of alkyl halides is 1. The van der Waals surface area contributed by atoms with E-state index in [2.05, 4.69) is 35.9 Å². The van der Waals surface area contributed by atoms with E-state index < -0.39 is 115 Å². The molecule has 3 aliphatic heterocycles. The zero-order valence-electron chi connectivity index (χ0n) is 43.6. The molecule has 3 aliphatic rings. The van der Waals surface area contributed by atoms with Gasteiger partial charge >= 0.3 is 23.9 Å². The van der Waals surface area contributed by atoms with Gasteiger partial charge in [-0.1, -0.05) is 65.9 Å². The lowest BCUT2D eigenvalue weighted by molar-refractivity contribution is -0.278. The second-order valence-corrected chi connectivity index (χ2v) is 18.0. The molecule has 28 heteroatoms. The van der Waals surface area contributed by atoms with E-state index in [9.17, 15) is 47.7 Å². The summed E-state index contributed by atoms with van der Waals surface area (Å²) in [6, 6.07) is 11.4. The van der Waals surface area contributed by atoms with Crippen LogP contribution in [0.15, 0.2) is 73.3 Å². The van der Waals surface area contributed by atoms with Crippen molar-refractivity contribution >= 4 is 45.6 Å². The van der Waals surface area contributed by atoms with Gasteiger partial charge in [-0.2, -0.15) is 13.2 Å². The first-order valence-corrected chi connectivity index (χ1v) is 24.9. The standard InChI is InChI=1S/C17H22FNO6.C12H19BrO5.C11H14FNO6.C5H4FNO.C5H6N2O.3CH4/c1-5-12-9(2)14(22-10(3)20)15(23-11(4)21)17(24-12)25-13-7-6-8-19-16(13)18;1-5-9-6(2)10(16-7(3)14)11(12(13)18-9)17-8(4)15;12-10-5(2-1-3-13-10)18-11-9(17)8(16)7(15)6(4-14)19-11;2*6-5-4(8)2-1-3-7-5;;;/h6-9,12,14-15,17H,5H2,1-4H3;6,9-12H,5H2,1-4H3;1-3,6-9,11,14-17H,4H2;1-3,8H;1-3,8H,(H2,6,7);3*1H4/t9-,12+,14-,15+,17-;6-,9+,10-,11+,12-;6-,7+,8+,9-,11-;;;;;/m001...../s1. The summed E-state index contributed by atoms with van der Waals surface area (Å²) in [7, 11) is 0. The Kier molecular flexibility index (Phi) is 33.8. The molecule has 7 rings (SSSR count). The number of pyridine rings is 4. The molecular weight excluding hydrogens is 1150 g/mol. The summed E-state index contributed by atoms with van der Waals surface area (Å²) < 4.78 is 87.4. The van der Waals surface area contributed by atoms with Gasteiger partial charge in [-0.15, -0.1) is 0 Å². The quantitative estimate of drug-likeness (QED) is 0.0400. The van der Waals surface area contributed by atoms with Crippen LogP contribution in [0.1, 0.15) is 90.5 Å². The third-order valence-corrected chi connectivity index (χ3v) is 12.1. The molecule has 15 atom stereocenters. The number of nitrogens with zero attached hydrogens (tertiary/aromatic N) is 4. The third kappa shape index (κ3) is 23.1. The number of hydrogen-bond acceptors (Lipinski definition) is 24. The molecule has 0 bridgehead atoms. The fraction of sp³-hybridized carbons (Fsp3) is 0.547. The number of carbonyl (C=O) groups excluding carboxylic acids is 4. The van der Waals surface area contributed by atoms with Gasteiger partial charge in [-0.25, -0.2) is 19.9 Å². The highest BCUT2D eigenvalue weighted by atomic mass is 79.9. The van der Waals surface area contributed by atoms with E-state index in [1.807, 2.05) is 27.7 Å². The molecule has 3 saturated heterocycles. The number of ether oxygens (including phenoxy) is 9. The van der Waals surface area contributed by atoms with E-state index in [1.165, 1.54) is 94.9 Å². The largest absolute Gasteiger partial charge is 0.504 e. The summed E-state index contributed by atoms with van der Waals surface area (Å²) in [4.78, 5) is 58.9. The minimum Gasteiger partial charge on any atom is -0.504 e. The van der Waals surface area contributed by atoms with Crippen LogP contribution in [-0.2, 0) is 52.3 Å². The molecule has 0 unspecified atom stereocenters. The molecule has 24 nitrogen and oxygen atoms in total. The van der Waals surface area contributed by atoms with Crippen molar-refractivity contribution in [1.82, 2.24) is 19.9 Å². The molecule has 4 aromatic heterocycles. The minimum absolute atomic E-state index is 0. The molecule has 0 aromatic carbocycles. The first-order valence-electron chi connectivity index (χ1n) is 24.0. The second-order valence-electron chi connectivity index (χ2n) is 17.1. The predicted molar refractivity (Wildman–Crippen MR) is 287 cm³/mol. The molecule has 7 heterocycles. The highest BCUT2D eigenvalue weighted by Gasteiger charge is 2.50. The first-order chi connectivity index (χ1) is 36.8. The zero-order valence-corrected chi connectivity index (χ0v) is 45.2. The van der Waals surface area contributed by atoms with Crippen molar-refractivity contribution in [1.29, 1.82) is 0 Å². The van der Waals surface area contributed by atoms with Crippen molar-refractivity contribution in [2.24, 2.45) is 11.8 Å². The molecule has 0 aliphatic carbocycles. The number of carbonyl (C=O) groups is 4. The molecule has 8 N–H and O–H groups in total. The molecule has 3 fully saturated rings. The SMILES string of the molecule is C.C.C.CC[C@H]1O[C@@H](Oc2cccnc2F)[C@H](OC(C)=O)[C@@H](OC(C)=O)[C@H]1C.CC[C@H]1O[C@H](Br)[C@H](OC(C)=O)[C@@H](OC(C)=O)[C@H]1C.Nc1ncccc1O.OC[C@H]1O[C@@H](Oc2cccnc2F)[C@H](O)[C@@H](O)[C@H]1O.Oc1cccnc1F. The fourth-order valence-corrected chi connectivity index (χ4v) is 8.26. The second kappa shape index (κ2) is 36.7. The Balaban J connectivity index is 0.00000103. The van der Waals surface area contributed by atoms with Crippen molar-refractivity contribution in [2.75, 3.05) is 12.3 Å². The van der Waals surface area contributed by atoms with E-state index in [1.54, 1.807) is 6.07 Å². The minimum atomic E-state index is -1.59. The predicted octanol–water partition coefficient (Wildman–Crippen LogP) is 5.85. The lowest BCUT2D eigenvalue weighted by atomic mass is 9.89. The molecule has 0 spiro atoms. The van der Waals surface area contributed by atoms with Crippen LogP contribution in [0.4, 0.5) is 19.0 Å². The van der Waals surface area contributed by atoms with Crippen LogP contribution in [0.25, 0.3) is 0 Å².